The first kappa shape index (κ1) is 23.6. The molecule has 0 bridgehead atoms. The minimum Gasteiger partial charge on any atom is -0.459 e. The first-order valence-electron chi connectivity index (χ1n) is 9.77. The molecule has 0 radical (unpaired) electrons. The summed E-state index contributed by atoms with van der Waals surface area (Å²) in [6, 6.07) is 6.09. The molecular weight excluding hydrogens is 453 g/mol. The van der Waals surface area contributed by atoms with Gasteiger partial charge in [0.1, 0.15) is 0 Å². The summed E-state index contributed by atoms with van der Waals surface area (Å²) in [5.41, 5.74) is -1.59. The van der Waals surface area contributed by atoms with E-state index in [1.54, 1.807) is 17.0 Å². The third-order valence-corrected chi connectivity index (χ3v) is 5.29. The molecule has 0 aliphatic carbocycles. The molecule has 7 nitrogen and oxygen atoms in total. The van der Waals surface area contributed by atoms with E-state index in [4.69, 9.17) is 20.8 Å². The quantitative estimate of drug-likeness (QED) is 0.653. The normalized spacial score (nSPS) is 15.8. The number of esters is 1. The molecule has 2 aromatic rings. The van der Waals surface area contributed by atoms with Crippen molar-refractivity contribution in [1.29, 1.82) is 0 Å². The van der Waals surface area contributed by atoms with Crippen LogP contribution in [-0.4, -0.2) is 41.9 Å². The van der Waals surface area contributed by atoms with Gasteiger partial charge in [-0.3, -0.25) is 14.4 Å². The fraction of sp³-hybridized carbons (Fsp3) is 0.381. The standard InChI is InChI=1S/C21H20ClF3N2O5/c1-12(18(28)26-16-5-4-14(22)11-15(16)21(23,24)25)32-20(30)13-6-8-27(9-7-13)19(29)17-3-2-10-31-17/h2-5,10-13H,6-9H2,1H3,(H,26,28). The lowest BCUT2D eigenvalue weighted by Crippen LogP contribution is -2.41. The van der Waals surface area contributed by atoms with Crippen LogP contribution in [0.25, 0.3) is 0 Å². The van der Waals surface area contributed by atoms with Crippen LogP contribution in [0.4, 0.5) is 18.9 Å². The molecule has 2 heterocycles. The summed E-state index contributed by atoms with van der Waals surface area (Å²) in [5.74, 6) is -2.16. The lowest BCUT2D eigenvalue weighted by Gasteiger charge is -2.30. The molecule has 2 amide bonds. The van der Waals surface area contributed by atoms with Crippen molar-refractivity contribution in [1.82, 2.24) is 4.90 Å². The van der Waals surface area contributed by atoms with Crippen LogP contribution in [0.5, 0.6) is 0 Å². The number of halogens is 4. The Kier molecular flexibility index (Phi) is 7.12. The van der Waals surface area contributed by atoms with Crippen molar-refractivity contribution >= 4 is 35.1 Å². The molecule has 3 rings (SSSR count). The summed E-state index contributed by atoms with van der Waals surface area (Å²) in [5, 5.41) is 2.00. The van der Waals surface area contributed by atoms with E-state index in [1.165, 1.54) is 19.3 Å². The van der Waals surface area contributed by atoms with Crippen molar-refractivity contribution in [3.8, 4) is 0 Å². The molecule has 1 aromatic heterocycles. The number of nitrogens with one attached hydrogen (secondary N) is 1. The molecule has 1 N–H and O–H groups in total. The summed E-state index contributed by atoms with van der Waals surface area (Å²) in [6.45, 7) is 1.88. The highest BCUT2D eigenvalue weighted by atomic mass is 35.5. The number of ether oxygens (including phenoxy) is 1. The number of furan rings is 1. The minimum atomic E-state index is -4.73. The Bertz CT molecular complexity index is 986. The molecule has 0 spiro atoms. The van der Waals surface area contributed by atoms with Crippen molar-refractivity contribution in [2.45, 2.75) is 32.0 Å². The van der Waals surface area contributed by atoms with Crippen LogP contribution in [0.15, 0.2) is 41.0 Å². The lowest BCUT2D eigenvalue weighted by atomic mass is 9.97. The molecule has 32 heavy (non-hydrogen) atoms. The Hall–Kier alpha value is -3.01. The predicted molar refractivity (Wildman–Crippen MR) is 108 cm³/mol. The zero-order valence-electron chi connectivity index (χ0n) is 16.9. The first-order chi connectivity index (χ1) is 15.1. The predicted octanol–water partition coefficient (Wildman–Crippen LogP) is 4.37. The number of hydrogen-bond acceptors (Lipinski definition) is 5. The average molecular weight is 473 g/mol. The Morgan fingerprint density at radius 1 is 1.22 bits per heavy atom. The first-order valence-corrected chi connectivity index (χ1v) is 10.1. The van der Waals surface area contributed by atoms with Gasteiger partial charge in [0.25, 0.3) is 11.8 Å². The Morgan fingerprint density at radius 3 is 2.50 bits per heavy atom. The van der Waals surface area contributed by atoms with Gasteiger partial charge in [0, 0.05) is 18.1 Å². The smallest absolute Gasteiger partial charge is 0.418 e. The van der Waals surface area contributed by atoms with Gasteiger partial charge in [0.2, 0.25) is 0 Å². The van der Waals surface area contributed by atoms with E-state index >= 15 is 0 Å². The zero-order valence-corrected chi connectivity index (χ0v) is 17.7. The van der Waals surface area contributed by atoms with Gasteiger partial charge in [-0.25, -0.2) is 0 Å². The highest BCUT2D eigenvalue weighted by Gasteiger charge is 2.35. The van der Waals surface area contributed by atoms with Crippen LogP contribution >= 0.6 is 11.6 Å². The van der Waals surface area contributed by atoms with E-state index in [0.29, 0.717) is 32.0 Å². The number of anilines is 1. The second kappa shape index (κ2) is 9.64. The number of likely N-dealkylation sites (tertiary alicyclic amines) is 1. The fourth-order valence-corrected chi connectivity index (χ4v) is 3.46. The van der Waals surface area contributed by atoms with Gasteiger partial charge in [0.05, 0.1) is 23.4 Å². The molecule has 1 aliphatic heterocycles. The maximum absolute atomic E-state index is 13.2. The molecule has 11 heteroatoms. The van der Waals surface area contributed by atoms with Gasteiger partial charge in [-0.1, -0.05) is 11.6 Å². The van der Waals surface area contributed by atoms with Gasteiger partial charge < -0.3 is 19.4 Å². The summed E-state index contributed by atoms with van der Waals surface area (Å²) in [6.07, 6.45) is -3.99. The number of benzene rings is 1. The van der Waals surface area contributed by atoms with Crippen LogP contribution < -0.4 is 5.32 Å². The van der Waals surface area contributed by atoms with Gasteiger partial charge in [-0.15, -0.1) is 0 Å². The van der Waals surface area contributed by atoms with Gasteiger partial charge in [-0.05, 0) is 50.1 Å². The van der Waals surface area contributed by atoms with E-state index in [1.807, 2.05) is 0 Å². The number of rotatable bonds is 5. The Labute approximate surface area is 186 Å². The monoisotopic (exact) mass is 472 g/mol. The third-order valence-electron chi connectivity index (χ3n) is 5.05. The average Bonchev–Trinajstić information content (AvgIpc) is 3.28. The van der Waals surface area contributed by atoms with E-state index in [9.17, 15) is 27.6 Å². The number of hydrogen-bond donors (Lipinski definition) is 1. The van der Waals surface area contributed by atoms with Crippen LogP contribution in [0.1, 0.15) is 35.9 Å². The van der Waals surface area contributed by atoms with Gasteiger partial charge in [-0.2, -0.15) is 13.2 Å². The minimum absolute atomic E-state index is 0.133. The molecular formula is C21H20ClF3N2O5. The summed E-state index contributed by atoms with van der Waals surface area (Å²) < 4.78 is 49.8. The largest absolute Gasteiger partial charge is 0.459 e. The summed E-state index contributed by atoms with van der Waals surface area (Å²) >= 11 is 5.62. The SMILES string of the molecule is CC(OC(=O)C1CCN(C(=O)c2ccco2)CC1)C(=O)Nc1ccc(Cl)cc1C(F)(F)F. The number of alkyl halides is 3. The number of amides is 2. The second-order valence-electron chi connectivity index (χ2n) is 7.30. The molecule has 1 atom stereocenters. The topological polar surface area (TPSA) is 88.8 Å². The Balaban J connectivity index is 1.54. The maximum Gasteiger partial charge on any atom is 0.418 e. The van der Waals surface area contributed by atoms with E-state index < -0.39 is 41.3 Å². The second-order valence-corrected chi connectivity index (χ2v) is 7.74. The fourth-order valence-electron chi connectivity index (χ4n) is 3.29. The van der Waals surface area contributed by atoms with E-state index in [2.05, 4.69) is 5.32 Å². The third kappa shape index (κ3) is 5.61. The molecule has 172 valence electrons. The number of carbonyl (C=O) groups is 3. The van der Waals surface area contributed by atoms with Crippen LogP contribution in [0.2, 0.25) is 5.02 Å². The highest BCUT2D eigenvalue weighted by molar-refractivity contribution is 6.30. The lowest BCUT2D eigenvalue weighted by molar-refractivity contribution is -0.158. The molecule has 0 saturated carbocycles. The molecule has 1 aliphatic rings. The van der Waals surface area contributed by atoms with Crippen molar-refractivity contribution in [2.75, 3.05) is 18.4 Å². The number of piperidine rings is 1. The van der Waals surface area contributed by atoms with Crippen LogP contribution in [-0.2, 0) is 20.5 Å². The maximum atomic E-state index is 13.2. The molecule has 1 saturated heterocycles. The summed E-state index contributed by atoms with van der Waals surface area (Å²) in [4.78, 5) is 38.6. The molecule has 1 unspecified atom stereocenters. The number of carbonyl (C=O) groups excluding carboxylic acids is 3. The molecule has 1 fully saturated rings. The summed E-state index contributed by atoms with van der Waals surface area (Å²) in [7, 11) is 0. The van der Waals surface area contributed by atoms with Crippen LogP contribution in [0.3, 0.4) is 0 Å². The van der Waals surface area contributed by atoms with Crippen molar-refractivity contribution in [3.05, 3.63) is 52.9 Å². The van der Waals surface area contributed by atoms with Crippen molar-refractivity contribution in [2.24, 2.45) is 5.92 Å². The van der Waals surface area contributed by atoms with E-state index in [0.717, 1.165) is 6.07 Å². The van der Waals surface area contributed by atoms with Crippen molar-refractivity contribution < 1.29 is 36.7 Å². The van der Waals surface area contributed by atoms with Crippen LogP contribution in [0, 0.1) is 5.92 Å². The number of nitrogens with zero attached hydrogens (tertiary/aromatic N) is 1. The highest BCUT2D eigenvalue weighted by Crippen LogP contribution is 2.36. The van der Waals surface area contributed by atoms with Gasteiger partial charge in [0.15, 0.2) is 11.9 Å². The van der Waals surface area contributed by atoms with E-state index in [-0.39, 0.29) is 16.7 Å². The van der Waals surface area contributed by atoms with Gasteiger partial charge >= 0.3 is 12.1 Å². The molecule has 1 aromatic carbocycles. The zero-order chi connectivity index (χ0) is 23.5. The Morgan fingerprint density at radius 2 is 1.91 bits per heavy atom. The van der Waals surface area contributed by atoms with Crippen molar-refractivity contribution in [3.63, 3.8) is 0 Å².